The Labute approximate surface area is 119 Å². The summed E-state index contributed by atoms with van der Waals surface area (Å²) in [5, 5.41) is 10.2. The third-order valence-corrected chi connectivity index (χ3v) is 5.16. The van der Waals surface area contributed by atoms with Crippen molar-refractivity contribution in [2.75, 3.05) is 11.1 Å². The Hall–Kier alpha value is -1.87. The van der Waals surface area contributed by atoms with Gasteiger partial charge in [0.1, 0.15) is 5.25 Å². The number of sulfone groups is 1. The summed E-state index contributed by atoms with van der Waals surface area (Å²) in [6.45, 7) is 4.96. The average molecular weight is 294 g/mol. The first-order chi connectivity index (χ1) is 9.26. The lowest BCUT2D eigenvalue weighted by atomic mass is 10.2. The number of hydrogen-bond donors (Lipinski definition) is 1. The fraction of sp³-hybridized carbons (Fsp3) is 0.429. The molecule has 0 aliphatic rings. The van der Waals surface area contributed by atoms with E-state index in [9.17, 15) is 13.2 Å². The van der Waals surface area contributed by atoms with E-state index in [2.05, 4.69) is 5.32 Å². The maximum atomic E-state index is 12.0. The molecule has 5 nitrogen and oxygen atoms in total. The van der Waals surface area contributed by atoms with Crippen LogP contribution in [0.25, 0.3) is 0 Å². The van der Waals surface area contributed by atoms with E-state index in [-0.39, 0.29) is 11.7 Å². The Balaban J connectivity index is 2.83. The van der Waals surface area contributed by atoms with Gasteiger partial charge in [-0.25, -0.2) is 8.42 Å². The van der Waals surface area contributed by atoms with Crippen LogP contribution in [0.2, 0.25) is 0 Å². The number of anilines is 1. The predicted molar refractivity (Wildman–Crippen MR) is 77.9 cm³/mol. The predicted octanol–water partition coefficient (Wildman–Crippen LogP) is 1.96. The summed E-state index contributed by atoms with van der Waals surface area (Å²) in [4.78, 5) is 12.0. The lowest BCUT2D eigenvalue weighted by molar-refractivity contribution is -0.115. The van der Waals surface area contributed by atoms with Crippen LogP contribution in [-0.4, -0.2) is 25.3 Å². The molecule has 6 heteroatoms. The normalized spacial score (nSPS) is 12.8. The standard InChI is InChI=1S/C14H18N2O3S/c1-10(2)9-20(18,19)11(3)14(17)16-13-6-4-5-12(7-13)8-15/h4-7,10-11H,9H2,1-3H3,(H,16,17). The minimum atomic E-state index is -3.47. The van der Waals surface area contributed by atoms with Crippen LogP contribution < -0.4 is 5.32 Å². The van der Waals surface area contributed by atoms with Crippen molar-refractivity contribution in [1.82, 2.24) is 0 Å². The van der Waals surface area contributed by atoms with Gasteiger partial charge in [-0.05, 0) is 31.0 Å². The van der Waals surface area contributed by atoms with Crippen molar-refractivity contribution in [1.29, 1.82) is 5.26 Å². The van der Waals surface area contributed by atoms with Crippen LogP contribution in [0.3, 0.4) is 0 Å². The van der Waals surface area contributed by atoms with Gasteiger partial charge in [0, 0.05) is 5.69 Å². The third-order valence-electron chi connectivity index (χ3n) is 2.73. The van der Waals surface area contributed by atoms with Crippen molar-refractivity contribution < 1.29 is 13.2 Å². The van der Waals surface area contributed by atoms with Crippen LogP contribution >= 0.6 is 0 Å². The van der Waals surface area contributed by atoms with Crippen LogP contribution in [0.4, 0.5) is 5.69 Å². The van der Waals surface area contributed by atoms with Crippen molar-refractivity contribution in [3.8, 4) is 6.07 Å². The fourth-order valence-corrected chi connectivity index (χ4v) is 3.29. The molecule has 0 fully saturated rings. The van der Waals surface area contributed by atoms with E-state index in [1.807, 2.05) is 6.07 Å². The second-order valence-electron chi connectivity index (χ2n) is 5.05. The molecule has 1 amide bonds. The lowest BCUT2D eigenvalue weighted by Gasteiger charge is -2.14. The Bertz CT molecular complexity index is 630. The summed E-state index contributed by atoms with van der Waals surface area (Å²) in [5.74, 6) is -0.641. The van der Waals surface area contributed by atoms with Gasteiger partial charge in [0.05, 0.1) is 17.4 Å². The van der Waals surface area contributed by atoms with Gasteiger partial charge < -0.3 is 5.32 Å². The Morgan fingerprint density at radius 2 is 2.00 bits per heavy atom. The number of carbonyl (C=O) groups is 1. The highest BCUT2D eigenvalue weighted by atomic mass is 32.2. The number of nitrogens with one attached hydrogen (secondary N) is 1. The first-order valence-electron chi connectivity index (χ1n) is 6.29. The van der Waals surface area contributed by atoms with Crippen LogP contribution in [0, 0.1) is 17.2 Å². The van der Waals surface area contributed by atoms with Crippen molar-refractivity contribution >= 4 is 21.4 Å². The maximum absolute atomic E-state index is 12.0. The molecule has 0 aliphatic heterocycles. The van der Waals surface area contributed by atoms with E-state index in [1.54, 1.807) is 32.0 Å². The molecule has 0 saturated carbocycles. The quantitative estimate of drug-likeness (QED) is 0.899. The number of rotatable bonds is 5. The monoisotopic (exact) mass is 294 g/mol. The number of benzene rings is 1. The first-order valence-corrected chi connectivity index (χ1v) is 8.00. The van der Waals surface area contributed by atoms with E-state index in [0.29, 0.717) is 11.3 Å². The number of nitriles is 1. The van der Waals surface area contributed by atoms with Crippen LogP contribution in [0.5, 0.6) is 0 Å². The van der Waals surface area contributed by atoms with Crippen LogP contribution in [0.1, 0.15) is 26.3 Å². The fourth-order valence-electron chi connectivity index (χ4n) is 1.68. The molecule has 0 aliphatic carbocycles. The second kappa shape index (κ2) is 6.53. The molecular formula is C14H18N2O3S. The average Bonchev–Trinajstić information content (AvgIpc) is 2.36. The van der Waals surface area contributed by atoms with Gasteiger partial charge in [-0.15, -0.1) is 0 Å². The molecule has 0 aromatic heterocycles. The molecule has 0 bridgehead atoms. The van der Waals surface area contributed by atoms with Crippen molar-refractivity contribution in [2.24, 2.45) is 5.92 Å². The highest BCUT2D eigenvalue weighted by molar-refractivity contribution is 7.92. The smallest absolute Gasteiger partial charge is 0.242 e. The molecule has 1 rings (SSSR count). The number of nitrogens with zero attached hydrogens (tertiary/aromatic N) is 1. The van der Waals surface area contributed by atoms with E-state index in [0.717, 1.165) is 0 Å². The Morgan fingerprint density at radius 3 is 2.55 bits per heavy atom. The summed E-state index contributed by atoms with van der Waals surface area (Å²) >= 11 is 0. The summed E-state index contributed by atoms with van der Waals surface area (Å²) in [6.07, 6.45) is 0. The highest BCUT2D eigenvalue weighted by Gasteiger charge is 2.28. The molecule has 1 aromatic rings. The lowest BCUT2D eigenvalue weighted by Crippen LogP contribution is -2.35. The Kier molecular flexibility index (Phi) is 5.28. The molecule has 1 aromatic carbocycles. The summed E-state index contributed by atoms with van der Waals surface area (Å²) in [7, 11) is -3.47. The second-order valence-corrected chi connectivity index (χ2v) is 7.41. The van der Waals surface area contributed by atoms with E-state index < -0.39 is 21.0 Å². The number of hydrogen-bond acceptors (Lipinski definition) is 4. The molecule has 0 saturated heterocycles. The number of carbonyl (C=O) groups excluding carboxylic acids is 1. The zero-order chi connectivity index (χ0) is 15.3. The maximum Gasteiger partial charge on any atom is 0.242 e. The molecule has 0 spiro atoms. The molecule has 20 heavy (non-hydrogen) atoms. The van der Waals surface area contributed by atoms with Gasteiger partial charge in [0.25, 0.3) is 0 Å². The molecule has 0 radical (unpaired) electrons. The molecule has 1 N–H and O–H groups in total. The van der Waals surface area contributed by atoms with Gasteiger partial charge in [0.2, 0.25) is 5.91 Å². The summed E-state index contributed by atoms with van der Waals surface area (Å²) < 4.78 is 24.0. The van der Waals surface area contributed by atoms with E-state index >= 15 is 0 Å². The molecule has 0 heterocycles. The summed E-state index contributed by atoms with van der Waals surface area (Å²) in [5.41, 5.74) is 0.820. The van der Waals surface area contributed by atoms with Crippen LogP contribution in [0.15, 0.2) is 24.3 Å². The molecular weight excluding hydrogens is 276 g/mol. The van der Waals surface area contributed by atoms with E-state index in [4.69, 9.17) is 5.26 Å². The minimum absolute atomic E-state index is 0.0280. The van der Waals surface area contributed by atoms with Crippen molar-refractivity contribution in [3.63, 3.8) is 0 Å². The first kappa shape index (κ1) is 16.2. The van der Waals surface area contributed by atoms with E-state index in [1.165, 1.54) is 13.0 Å². The van der Waals surface area contributed by atoms with Crippen molar-refractivity contribution in [3.05, 3.63) is 29.8 Å². The van der Waals surface area contributed by atoms with Crippen molar-refractivity contribution in [2.45, 2.75) is 26.0 Å². The number of amides is 1. The molecule has 108 valence electrons. The zero-order valence-corrected chi connectivity index (χ0v) is 12.6. The topological polar surface area (TPSA) is 87.0 Å². The van der Waals surface area contributed by atoms with Gasteiger partial charge >= 0.3 is 0 Å². The van der Waals surface area contributed by atoms with Gasteiger partial charge in [-0.3, -0.25) is 4.79 Å². The molecule has 1 unspecified atom stereocenters. The summed E-state index contributed by atoms with van der Waals surface area (Å²) in [6, 6.07) is 8.30. The van der Waals surface area contributed by atoms with Crippen LogP contribution in [-0.2, 0) is 14.6 Å². The largest absolute Gasteiger partial charge is 0.325 e. The zero-order valence-electron chi connectivity index (χ0n) is 11.8. The van der Waals surface area contributed by atoms with Gasteiger partial charge in [-0.1, -0.05) is 19.9 Å². The highest BCUT2D eigenvalue weighted by Crippen LogP contribution is 2.13. The third kappa shape index (κ3) is 4.35. The SMILES string of the molecule is CC(C)CS(=O)(=O)C(C)C(=O)Nc1cccc(C#N)c1. The Morgan fingerprint density at radius 1 is 1.35 bits per heavy atom. The van der Waals surface area contributed by atoms with Gasteiger partial charge in [0.15, 0.2) is 9.84 Å². The molecule has 1 atom stereocenters. The van der Waals surface area contributed by atoms with Gasteiger partial charge in [-0.2, -0.15) is 5.26 Å². The minimum Gasteiger partial charge on any atom is -0.325 e.